The monoisotopic (exact) mass is 283 g/mol. The quantitative estimate of drug-likeness (QED) is 0.752. The summed E-state index contributed by atoms with van der Waals surface area (Å²) in [7, 11) is 0. The number of ether oxygens (including phenoxy) is 1. The summed E-state index contributed by atoms with van der Waals surface area (Å²) in [6.45, 7) is 5.39. The molecule has 0 spiro atoms. The molecule has 1 saturated carbocycles. The van der Waals surface area contributed by atoms with E-state index in [-0.39, 0.29) is 12.5 Å². The summed E-state index contributed by atoms with van der Waals surface area (Å²) < 4.78 is 4.72. The van der Waals surface area contributed by atoms with Crippen LogP contribution in [0.15, 0.2) is 0 Å². The Morgan fingerprint density at radius 1 is 1.25 bits per heavy atom. The molecular formula is C14H25N3O3. The summed E-state index contributed by atoms with van der Waals surface area (Å²) in [5.41, 5.74) is 0. The summed E-state index contributed by atoms with van der Waals surface area (Å²) in [5, 5.41) is 5.63. The average molecular weight is 283 g/mol. The first-order valence-electron chi connectivity index (χ1n) is 7.60. The van der Waals surface area contributed by atoms with Crippen molar-refractivity contribution in [3.8, 4) is 0 Å². The number of imide groups is 1. The highest BCUT2D eigenvalue weighted by Crippen LogP contribution is 2.28. The number of piperidine rings is 1. The molecule has 1 aliphatic carbocycles. The van der Waals surface area contributed by atoms with Crippen LogP contribution in [0.2, 0.25) is 0 Å². The van der Waals surface area contributed by atoms with Gasteiger partial charge in [0.2, 0.25) is 5.91 Å². The highest BCUT2D eigenvalue weighted by molar-refractivity contribution is 5.92. The molecule has 6 nitrogen and oxygen atoms in total. The maximum atomic E-state index is 11.8. The van der Waals surface area contributed by atoms with Crippen LogP contribution < -0.4 is 10.6 Å². The van der Waals surface area contributed by atoms with Gasteiger partial charge in [0.25, 0.3) is 0 Å². The Morgan fingerprint density at radius 2 is 1.95 bits per heavy atom. The summed E-state index contributed by atoms with van der Waals surface area (Å²) >= 11 is 0. The lowest BCUT2D eigenvalue weighted by molar-refractivity contribution is -0.121. The smallest absolute Gasteiger partial charge is 0.413 e. The molecule has 1 aliphatic heterocycles. The average Bonchev–Trinajstić information content (AvgIpc) is 3.23. The van der Waals surface area contributed by atoms with E-state index in [0.29, 0.717) is 18.5 Å². The van der Waals surface area contributed by atoms with E-state index in [4.69, 9.17) is 4.74 Å². The zero-order valence-electron chi connectivity index (χ0n) is 12.2. The van der Waals surface area contributed by atoms with Crippen LogP contribution in [0.25, 0.3) is 0 Å². The van der Waals surface area contributed by atoms with Gasteiger partial charge in [0.15, 0.2) is 0 Å². The minimum atomic E-state index is -0.643. The Labute approximate surface area is 120 Å². The van der Waals surface area contributed by atoms with Gasteiger partial charge < -0.3 is 10.1 Å². The van der Waals surface area contributed by atoms with Crippen LogP contribution in [0.3, 0.4) is 0 Å². The highest BCUT2D eigenvalue weighted by Gasteiger charge is 2.32. The van der Waals surface area contributed by atoms with E-state index >= 15 is 0 Å². The first kappa shape index (κ1) is 15.3. The maximum absolute atomic E-state index is 11.8. The Hall–Kier alpha value is -1.14. The van der Waals surface area contributed by atoms with Gasteiger partial charge in [-0.25, -0.2) is 4.79 Å². The number of carbonyl (C=O) groups excluding carboxylic acids is 2. The Bertz CT molecular complexity index is 339. The van der Waals surface area contributed by atoms with Crippen molar-refractivity contribution in [2.24, 2.45) is 5.92 Å². The van der Waals surface area contributed by atoms with E-state index in [1.807, 2.05) is 0 Å². The summed E-state index contributed by atoms with van der Waals surface area (Å²) in [4.78, 5) is 25.3. The lowest BCUT2D eigenvalue weighted by atomic mass is 9.97. The predicted molar refractivity (Wildman–Crippen MR) is 75.4 cm³/mol. The zero-order valence-corrected chi connectivity index (χ0v) is 12.2. The number of rotatable bonds is 6. The third-order valence-corrected chi connectivity index (χ3v) is 3.88. The Balaban J connectivity index is 1.76. The fourth-order valence-corrected chi connectivity index (χ4v) is 2.68. The van der Waals surface area contributed by atoms with E-state index in [1.165, 1.54) is 12.8 Å². The fraction of sp³-hybridized carbons (Fsp3) is 0.857. The SMILES string of the molecule is CCOC(=O)NC(=O)CN(CC1CCNCC1)C1CC1. The molecule has 114 valence electrons. The third kappa shape index (κ3) is 5.09. The van der Waals surface area contributed by atoms with Crippen molar-refractivity contribution in [1.82, 2.24) is 15.5 Å². The van der Waals surface area contributed by atoms with Crippen LogP contribution in [-0.4, -0.2) is 55.7 Å². The van der Waals surface area contributed by atoms with Crippen molar-refractivity contribution >= 4 is 12.0 Å². The van der Waals surface area contributed by atoms with Gasteiger partial charge >= 0.3 is 6.09 Å². The first-order chi connectivity index (χ1) is 9.69. The second kappa shape index (κ2) is 7.59. The van der Waals surface area contributed by atoms with Crippen LogP contribution in [0.5, 0.6) is 0 Å². The van der Waals surface area contributed by atoms with Crippen molar-refractivity contribution in [2.45, 2.75) is 38.6 Å². The van der Waals surface area contributed by atoms with Crippen LogP contribution >= 0.6 is 0 Å². The summed E-state index contributed by atoms with van der Waals surface area (Å²) in [6.07, 6.45) is 4.02. The number of nitrogens with one attached hydrogen (secondary N) is 2. The molecule has 6 heteroatoms. The second-order valence-corrected chi connectivity index (χ2v) is 5.62. The molecule has 0 aromatic carbocycles. The lowest BCUT2D eigenvalue weighted by Gasteiger charge is -2.29. The minimum absolute atomic E-state index is 0.260. The van der Waals surface area contributed by atoms with Gasteiger partial charge in [-0.05, 0) is 51.6 Å². The molecule has 0 aromatic rings. The molecule has 2 fully saturated rings. The van der Waals surface area contributed by atoms with Crippen LogP contribution in [0.4, 0.5) is 4.79 Å². The van der Waals surface area contributed by atoms with E-state index in [9.17, 15) is 9.59 Å². The molecule has 2 rings (SSSR count). The number of nitrogens with zero attached hydrogens (tertiary/aromatic N) is 1. The van der Waals surface area contributed by atoms with Crippen LogP contribution in [0.1, 0.15) is 32.6 Å². The van der Waals surface area contributed by atoms with Crippen LogP contribution in [0, 0.1) is 5.92 Å². The molecule has 1 saturated heterocycles. The molecule has 20 heavy (non-hydrogen) atoms. The molecule has 1 heterocycles. The minimum Gasteiger partial charge on any atom is -0.450 e. The number of amides is 2. The van der Waals surface area contributed by atoms with Crippen molar-refractivity contribution in [3.63, 3.8) is 0 Å². The van der Waals surface area contributed by atoms with Gasteiger partial charge in [-0.2, -0.15) is 0 Å². The predicted octanol–water partition coefficient (Wildman–Crippen LogP) is 0.723. The number of alkyl carbamates (subject to hydrolysis) is 1. The Kier molecular flexibility index (Phi) is 5.79. The molecule has 2 aliphatic rings. The summed E-state index contributed by atoms with van der Waals surface area (Å²) in [5.74, 6) is 0.400. The largest absolute Gasteiger partial charge is 0.450 e. The van der Waals surface area contributed by atoms with Gasteiger partial charge in [0.05, 0.1) is 13.2 Å². The van der Waals surface area contributed by atoms with E-state index < -0.39 is 6.09 Å². The van der Waals surface area contributed by atoms with Crippen molar-refractivity contribution < 1.29 is 14.3 Å². The number of hydrogen-bond donors (Lipinski definition) is 2. The molecular weight excluding hydrogens is 258 g/mol. The molecule has 0 aromatic heterocycles. The lowest BCUT2D eigenvalue weighted by Crippen LogP contribution is -2.44. The zero-order chi connectivity index (χ0) is 14.4. The van der Waals surface area contributed by atoms with Crippen molar-refractivity contribution in [1.29, 1.82) is 0 Å². The van der Waals surface area contributed by atoms with E-state index in [2.05, 4.69) is 15.5 Å². The molecule has 0 unspecified atom stereocenters. The second-order valence-electron chi connectivity index (χ2n) is 5.62. The number of carbonyl (C=O) groups is 2. The highest BCUT2D eigenvalue weighted by atomic mass is 16.5. The van der Waals surface area contributed by atoms with Gasteiger partial charge in [0, 0.05) is 12.6 Å². The molecule has 0 radical (unpaired) electrons. The van der Waals surface area contributed by atoms with Crippen LogP contribution in [-0.2, 0) is 9.53 Å². The molecule has 0 bridgehead atoms. The molecule has 2 N–H and O–H groups in total. The van der Waals surface area contributed by atoms with Gasteiger partial charge in [0.1, 0.15) is 0 Å². The number of hydrogen-bond acceptors (Lipinski definition) is 5. The van der Waals surface area contributed by atoms with E-state index in [0.717, 1.165) is 32.5 Å². The topological polar surface area (TPSA) is 70.7 Å². The van der Waals surface area contributed by atoms with Gasteiger partial charge in [-0.15, -0.1) is 0 Å². The molecule has 2 amide bonds. The Morgan fingerprint density at radius 3 is 2.55 bits per heavy atom. The van der Waals surface area contributed by atoms with Gasteiger partial charge in [-0.1, -0.05) is 0 Å². The van der Waals surface area contributed by atoms with Gasteiger partial charge in [-0.3, -0.25) is 15.0 Å². The molecule has 0 atom stereocenters. The standard InChI is InChI=1S/C14H25N3O3/c1-2-20-14(19)16-13(18)10-17(12-3-4-12)9-11-5-7-15-8-6-11/h11-12,15H,2-10H2,1H3,(H,16,18,19). The van der Waals surface area contributed by atoms with Crippen molar-refractivity contribution in [3.05, 3.63) is 0 Å². The maximum Gasteiger partial charge on any atom is 0.413 e. The first-order valence-corrected chi connectivity index (χ1v) is 7.60. The normalized spacial score (nSPS) is 19.9. The van der Waals surface area contributed by atoms with E-state index in [1.54, 1.807) is 6.92 Å². The fourth-order valence-electron chi connectivity index (χ4n) is 2.68. The van der Waals surface area contributed by atoms with Crippen molar-refractivity contribution in [2.75, 3.05) is 32.8 Å². The third-order valence-electron chi connectivity index (χ3n) is 3.88. The summed E-state index contributed by atoms with van der Waals surface area (Å²) in [6, 6.07) is 0.526.